The molecule has 0 aliphatic heterocycles. The molecule has 0 amide bonds. The molecule has 2 N–H and O–H groups in total. The number of phenols is 1. The van der Waals surface area contributed by atoms with Gasteiger partial charge in [0.2, 0.25) is 0 Å². The van der Waals surface area contributed by atoms with Crippen molar-refractivity contribution in [3.8, 4) is 11.5 Å². The van der Waals surface area contributed by atoms with E-state index in [0.29, 0.717) is 0 Å². The Morgan fingerprint density at radius 1 is 1.04 bits per heavy atom. The highest BCUT2D eigenvalue weighted by atomic mass is 16.4. The van der Waals surface area contributed by atoms with E-state index in [0.717, 1.165) is 31.3 Å². The number of aromatic hydroxyl groups is 1. The predicted octanol–water partition coefficient (Wildman–Crippen LogP) is 5.43. The summed E-state index contributed by atoms with van der Waals surface area (Å²) in [6.45, 7) is 9.85. The average molecular weight is 371 g/mol. The van der Waals surface area contributed by atoms with Crippen LogP contribution in [-0.4, -0.2) is 16.2 Å². The van der Waals surface area contributed by atoms with Crippen LogP contribution < -0.4 is 5.11 Å². The van der Waals surface area contributed by atoms with E-state index in [1.165, 1.54) is 24.1 Å². The fourth-order valence-electron chi connectivity index (χ4n) is 2.89. The number of aromatic carboxylic acids is 1. The van der Waals surface area contributed by atoms with Gasteiger partial charge in [0.25, 0.3) is 0 Å². The summed E-state index contributed by atoms with van der Waals surface area (Å²) in [6.07, 6.45) is 10.5. The van der Waals surface area contributed by atoms with E-state index in [1.54, 1.807) is 0 Å². The van der Waals surface area contributed by atoms with Gasteiger partial charge in [-0.2, -0.15) is 0 Å². The number of allylic oxidation sites excluding steroid dienone is 6. The molecule has 0 aromatic heterocycles. The fourth-order valence-corrected chi connectivity index (χ4v) is 2.89. The molecule has 0 atom stereocenters. The van der Waals surface area contributed by atoms with Gasteiger partial charge >= 0.3 is 5.97 Å². The molecule has 0 radical (unpaired) electrons. The summed E-state index contributed by atoms with van der Waals surface area (Å²) in [4.78, 5) is 11.3. The molecule has 4 nitrogen and oxygen atoms in total. The number of hydrogen-bond acceptors (Lipinski definition) is 3. The van der Waals surface area contributed by atoms with Gasteiger partial charge in [-0.15, -0.1) is 0 Å². The van der Waals surface area contributed by atoms with Crippen LogP contribution >= 0.6 is 0 Å². The van der Waals surface area contributed by atoms with E-state index in [2.05, 4.69) is 32.9 Å². The SMILES string of the molecule is CC(C)=CCC/C(C)=C/CC/C(C)=C/Cc1c(O)cc(C)c(C(=O)O)c1[O-]. The lowest BCUT2D eigenvalue weighted by atomic mass is 9.98. The van der Waals surface area contributed by atoms with Crippen molar-refractivity contribution in [2.75, 3.05) is 0 Å². The van der Waals surface area contributed by atoms with Crippen molar-refractivity contribution in [1.82, 2.24) is 0 Å². The number of rotatable bonds is 9. The summed E-state index contributed by atoms with van der Waals surface area (Å²) in [7, 11) is 0. The summed E-state index contributed by atoms with van der Waals surface area (Å²) in [5.74, 6) is -1.99. The predicted molar refractivity (Wildman–Crippen MR) is 108 cm³/mol. The summed E-state index contributed by atoms with van der Waals surface area (Å²) >= 11 is 0. The summed E-state index contributed by atoms with van der Waals surface area (Å²) < 4.78 is 0. The maximum absolute atomic E-state index is 12.3. The molecule has 0 saturated carbocycles. The number of carboxylic acids is 1. The van der Waals surface area contributed by atoms with Gasteiger partial charge < -0.3 is 15.3 Å². The van der Waals surface area contributed by atoms with Gasteiger partial charge in [-0.3, -0.25) is 0 Å². The van der Waals surface area contributed by atoms with E-state index in [9.17, 15) is 20.1 Å². The molecular weight excluding hydrogens is 340 g/mol. The topological polar surface area (TPSA) is 80.6 Å². The summed E-state index contributed by atoms with van der Waals surface area (Å²) in [5.41, 5.74) is 3.98. The minimum Gasteiger partial charge on any atom is -0.872 e. The Bertz CT molecular complexity index is 763. The quantitative estimate of drug-likeness (QED) is 0.567. The number of hydrogen-bond donors (Lipinski definition) is 2. The van der Waals surface area contributed by atoms with Crippen molar-refractivity contribution < 1.29 is 20.1 Å². The number of phenolic OH excluding ortho intramolecular Hbond substituents is 1. The molecule has 0 aliphatic carbocycles. The first kappa shape index (κ1) is 22.6. The molecule has 0 fully saturated rings. The first-order chi connectivity index (χ1) is 12.6. The average Bonchev–Trinajstić information content (AvgIpc) is 2.53. The van der Waals surface area contributed by atoms with Gasteiger partial charge in [0.05, 0.1) is 5.56 Å². The molecular formula is C23H31O4-. The van der Waals surface area contributed by atoms with Crippen LogP contribution in [0.15, 0.2) is 41.0 Å². The largest absolute Gasteiger partial charge is 0.872 e. The lowest BCUT2D eigenvalue weighted by Crippen LogP contribution is -2.09. The molecule has 148 valence electrons. The van der Waals surface area contributed by atoms with E-state index >= 15 is 0 Å². The first-order valence-electron chi connectivity index (χ1n) is 9.33. The zero-order valence-corrected chi connectivity index (χ0v) is 17.1. The third kappa shape index (κ3) is 7.33. The normalized spacial score (nSPS) is 12.2. The molecule has 0 aliphatic rings. The molecule has 0 unspecified atom stereocenters. The molecule has 1 aromatic rings. The molecule has 1 aromatic carbocycles. The minimum atomic E-state index is -1.26. The van der Waals surface area contributed by atoms with Crippen molar-refractivity contribution in [2.45, 2.75) is 66.7 Å². The maximum atomic E-state index is 12.3. The zero-order chi connectivity index (χ0) is 20.6. The summed E-state index contributed by atoms with van der Waals surface area (Å²) in [5, 5.41) is 31.5. The van der Waals surface area contributed by atoms with Crippen molar-refractivity contribution in [3.05, 3.63) is 57.7 Å². The molecule has 0 heterocycles. The molecule has 1 rings (SSSR count). The second-order valence-corrected chi connectivity index (χ2v) is 7.36. The molecule has 0 bridgehead atoms. The second-order valence-electron chi connectivity index (χ2n) is 7.36. The van der Waals surface area contributed by atoms with Crippen LogP contribution in [0.5, 0.6) is 11.5 Å². The highest BCUT2D eigenvalue weighted by molar-refractivity contribution is 5.93. The monoisotopic (exact) mass is 371 g/mol. The van der Waals surface area contributed by atoms with E-state index < -0.39 is 11.7 Å². The van der Waals surface area contributed by atoms with Gasteiger partial charge in [0.15, 0.2) is 0 Å². The Morgan fingerprint density at radius 3 is 2.15 bits per heavy atom. The third-order valence-electron chi connectivity index (χ3n) is 4.55. The number of benzene rings is 1. The van der Waals surface area contributed by atoms with Crippen molar-refractivity contribution in [3.63, 3.8) is 0 Å². The van der Waals surface area contributed by atoms with Crippen molar-refractivity contribution >= 4 is 5.97 Å². The zero-order valence-electron chi connectivity index (χ0n) is 17.1. The van der Waals surface area contributed by atoms with E-state index in [-0.39, 0.29) is 28.9 Å². The van der Waals surface area contributed by atoms with Crippen LogP contribution in [0.2, 0.25) is 0 Å². The standard InChI is InChI=1S/C23H32O4/c1-15(2)8-6-9-16(3)10-7-11-17(4)12-13-19-20(24)14-18(5)21(22(19)25)23(26)27/h8,10,12,14,24-25H,6-7,9,11,13H2,1-5H3,(H,26,27)/p-1/b16-10+,17-12+. The Kier molecular flexibility index (Phi) is 8.86. The minimum absolute atomic E-state index is 0.137. The van der Waals surface area contributed by atoms with Gasteiger partial charge in [0.1, 0.15) is 5.75 Å². The highest BCUT2D eigenvalue weighted by Gasteiger charge is 2.14. The van der Waals surface area contributed by atoms with Crippen LogP contribution in [-0.2, 0) is 6.42 Å². The lowest BCUT2D eigenvalue weighted by Gasteiger charge is -2.19. The van der Waals surface area contributed by atoms with Gasteiger partial charge in [0, 0.05) is 0 Å². The van der Waals surface area contributed by atoms with Crippen LogP contribution in [0.25, 0.3) is 0 Å². The maximum Gasteiger partial charge on any atom is 0.335 e. The van der Waals surface area contributed by atoms with Crippen LogP contribution in [0.4, 0.5) is 0 Å². The van der Waals surface area contributed by atoms with Gasteiger partial charge in [-0.05, 0) is 83.9 Å². The third-order valence-corrected chi connectivity index (χ3v) is 4.55. The first-order valence-corrected chi connectivity index (χ1v) is 9.33. The second kappa shape index (κ2) is 10.6. The van der Waals surface area contributed by atoms with Crippen molar-refractivity contribution in [1.29, 1.82) is 0 Å². The van der Waals surface area contributed by atoms with E-state index in [1.807, 2.05) is 13.0 Å². The lowest BCUT2D eigenvalue weighted by molar-refractivity contribution is -0.270. The molecule has 27 heavy (non-hydrogen) atoms. The number of carboxylic acid groups (broad SMARTS) is 1. The smallest absolute Gasteiger partial charge is 0.335 e. The summed E-state index contributed by atoms with van der Waals surface area (Å²) in [6, 6.07) is 1.35. The molecule has 0 saturated heterocycles. The number of carbonyl (C=O) groups is 1. The number of aryl methyl sites for hydroxylation is 1. The van der Waals surface area contributed by atoms with Gasteiger partial charge in [-0.25, -0.2) is 4.79 Å². The Labute approximate surface area is 162 Å². The molecule has 4 heteroatoms. The van der Waals surface area contributed by atoms with Crippen LogP contribution in [0.3, 0.4) is 0 Å². The Balaban J connectivity index is 2.71. The fraction of sp³-hybridized carbons (Fsp3) is 0.435. The van der Waals surface area contributed by atoms with E-state index in [4.69, 9.17) is 0 Å². The van der Waals surface area contributed by atoms with Crippen LogP contribution in [0, 0.1) is 6.92 Å². The Morgan fingerprint density at radius 2 is 1.59 bits per heavy atom. The Hall–Kier alpha value is -2.49. The molecule has 0 spiro atoms. The highest BCUT2D eigenvalue weighted by Crippen LogP contribution is 2.32. The van der Waals surface area contributed by atoms with Gasteiger partial charge in [-0.1, -0.05) is 40.7 Å². The van der Waals surface area contributed by atoms with Crippen LogP contribution in [0.1, 0.15) is 74.9 Å². The van der Waals surface area contributed by atoms with Crippen molar-refractivity contribution in [2.24, 2.45) is 0 Å².